The predicted octanol–water partition coefficient (Wildman–Crippen LogP) is 2.62. The Morgan fingerprint density at radius 2 is 1.91 bits per heavy atom. The molecule has 0 aliphatic carbocycles. The van der Waals surface area contributed by atoms with Crippen LogP contribution in [0.15, 0.2) is 0 Å². The SMILES string of the molecule is CN1CCC(NC(=O)Cn2nc(C(F)F)c(Cl)c2C(F)F)CC1. The molecule has 5 nitrogen and oxygen atoms in total. The monoisotopic (exact) mass is 356 g/mol. The van der Waals surface area contributed by atoms with Gasteiger partial charge in [0, 0.05) is 6.04 Å². The minimum absolute atomic E-state index is 0.0608. The highest BCUT2D eigenvalue weighted by atomic mass is 35.5. The number of nitrogens with zero attached hydrogens (tertiary/aromatic N) is 3. The fourth-order valence-electron chi connectivity index (χ4n) is 2.50. The summed E-state index contributed by atoms with van der Waals surface area (Å²) in [6.45, 7) is 1.06. The number of amides is 1. The van der Waals surface area contributed by atoms with Gasteiger partial charge in [-0.15, -0.1) is 0 Å². The van der Waals surface area contributed by atoms with Crippen molar-refractivity contribution in [2.45, 2.75) is 38.3 Å². The number of nitrogens with one attached hydrogen (secondary N) is 1. The maximum absolute atomic E-state index is 13.0. The first-order valence-electron chi connectivity index (χ1n) is 7.10. The van der Waals surface area contributed by atoms with Crippen LogP contribution >= 0.6 is 11.6 Å². The van der Waals surface area contributed by atoms with Gasteiger partial charge in [0.05, 0.1) is 5.02 Å². The standard InChI is InChI=1S/C13H17ClF4N4O/c1-21-4-2-7(3-5-21)19-8(23)6-22-11(13(17)18)9(14)10(20-22)12(15)16/h7,12-13H,2-6H2,1H3,(H,19,23). The molecule has 0 saturated carbocycles. The summed E-state index contributed by atoms with van der Waals surface area (Å²) in [6.07, 6.45) is -4.70. The molecule has 23 heavy (non-hydrogen) atoms. The second kappa shape index (κ2) is 7.48. The number of hydrogen-bond acceptors (Lipinski definition) is 3. The lowest BCUT2D eigenvalue weighted by atomic mass is 10.1. The largest absolute Gasteiger partial charge is 0.352 e. The molecule has 0 atom stereocenters. The Kier molecular flexibility index (Phi) is 5.85. The van der Waals surface area contributed by atoms with Crippen molar-refractivity contribution in [2.75, 3.05) is 20.1 Å². The summed E-state index contributed by atoms with van der Waals surface area (Å²) in [4.78, 5) is 14.1. The van der Waals surface area contributed by atoms with Crippen LogP contribution in [0.4, 0.5) is 17.6 Å². The zero-order valence-corrected chi connectivity index (χ0v) is 13.2. The van der Waals surface area contributed by atoms with Crippen LogP contribution in [-0.4, -0.2) is 46.8 Å². The smallest absolute Gasteiger partial charge is 0.283 e. The van der Waals surface area contributed by atoms with Gasteiger partial charge in [0.15, 0.2) is 0 Å². The van der Waals surface area contributed by atoms with Crippen molar-refractivity contribution in [1.29, 1.82) is 0 Å². The molecular formula is C13H17ClF4N4O. The number of alkyl halides is 4. The summed E-state index contributed by atoms with van der Waals surface area (Å²) in [5.41, 5.74) is -1.80. The van der Waals surface area contributed by atoms with E-state index < -0.39 is 41.7 Å². The number of hydrogen-bond donors (Lipinski definition) is 1. The average molecular weight is 357 g/mol. The first kappa shape index (κ1) is 18.0. The Morgan fingerprint density at radius 3 is 2.43 bits per heavy atom. The van der Waals surface area contributed by atoms with Crippen LogP contribution in [0.25, 0.3) is 0 Å². The Hall–Kier alpha value is -1.35. The molecule has 1 aromatic rings. The number of carbonyl (C=O) groups is 1. The highest BCUT2D eigenvalue weighted by molar-refractivity contribution is 6.32. The van der Waals surface area contributed by atoms with Crippen LogP contribution in [0.2, 0.25) is 5.02 Å². The van der Waals surface area contributed by atoms with Crippen molar-refractivity contribution in [3.05, 3.63) is 16.4 Å². The van der Waals surface area contributed by atoms with Gasteiger partial charge >= 0.3 is 0 Å². The fraction of sp³-hybridized carbons (Fsp3) is 0.692. The lowest BCUT2D eigenvalue weighted by Gasteiger charge is -2.29. The molecule has 1 saturated heterocycles. The summed E-state index contributed by atoms with van der Waals surface area (Å²) >= 11 is 5.53. The van der Waals surface area contributed by atoms with Gasteiger partial charge in [-0.2, -0.15) is 5.10 Å². The van der Waals surface area contributed by atoms with Gasteiger partial charge in [-0.1, -0.05) is 11.6 Å². The quantitative estimate of drug-likeness (QED) is 0.825. The minimum atomic E-state index is -3.10. The topological polar surface area (TPSA) is 50.2 Å². The summed E-state index contributed by atoms with van der Waals surface area (Å²) in [6, 6.07) is -0.0608. The maximum atomic E-state index is 13.0. The average Bonchev–Trinajstić information content (AvgIpc) is 2.78. The van der Waals surface area contributed by atoms with E-state index in [0.717, 1.165) is 25.9 Å². The van der Waals surface area contributed by atoms with E-state index >= 15 is 0 Å². The molecule has 2 heterocycles. The molecule has 1 aliphatic rings. The fourth-order valence-corrected chi connectivity index (χ4v) is 2.80. The zero-order chi connectivity index (χ0) is 17.1. The lowest BCUT2D eigenvalue weighted by Crippen LogP contribution is -2.44. The normalized spacial score (nSPS) is 17.2. The highest BCUT2D eigenvalue weighted by Gasteiger charge is 2.29. The van der Waals surface area contributed by atoms with Crippen molar-refractivity contribution in [1.82, 2.24) is 20.0 Å². The van der Waals surface area contributed by atoms with Gasteiger partial charge < -0.3 is 10.2 Å². The van der Waals surface area contributed by atoms with E-state index in [4.69, 9.17) is 11.6 Å². The van der Waals surface area contributed by atoms with Gasteiger partial charge in [-0.05, 0) is 33.0 Å². The van der Waals surface area contributed by atoms with Gasteiger partial charge in [-0.25, -0.2) is 17.6 Å². The number of halogens is 5. The van der Waals surface area contributed by atoms with Gasteiger partial charge in [0.1, 0.15) is 17.9 Å². The molecule has 0 bridgehead atoms. The van der Waals surface area contributed by atoms with Gasteiger partial charge in [-0.3, -0.25) is 9.48 Å². The highest BCUT2D eigenvalue weighted by Crippen LogP contribution is 2.34. The van der Waals surface area contributed by atoms with Gasteiger partial charge in [0.25, 0.3) is 12.9 Å². The third-order valence-electron chi connectivity index (χ3n) is 3.75. The third kappa shape index (κ3) is 4.35. The van der Waals surface area contributed by atoms with Crippen molar-refractivity contribution >= 4 is 17.5 Å². The minimum Gasteiger partial charge on any atom is -0.352 e. The summed E-state index contributed by atoms with van der Waals surface area (Å²) in [7, 11) is 1.96. The molecule has 1 fully saturated rings. The Labute approximate surface area is 135 Å². The van der Waals surface area contributed by atoms with Crippen LogP contribution in [-0.2, 0) is 11.3 Å². The number of aromatic nitrogens is 2. The molecule has 0 unspecified atom stereocenters. The van der Waals surface area contributed by atoms with Gasteiger partial charge in [0.2, 0.25) is 5.91 Å². The zero-order valence-electron chi connectivity index (χ0n) is 12.4. The van der Waals surface area contributed by atoms with Crippen molar-refractivity contribution in [3.8, 4) is 0 Å². The number of piperidine rings is 1. The predicted molar refractivity (Wildman–Crippen MR) is 75.8 cm³/mol. The molecule has 1 amide bonds. The first-order chi connectivity index (χ1) is 10.8. The molecule has 130 valence electrons. The number of likely N-dealkylation sites (tertiary alicyclic amines) is 1. The Morgan fingerprint density at radius 1 is 1.30 bits per heavy atom. The van der Waals surface area contributed by atoms with E-state index in [1.807, 2.05) is 7.05 Å². The molecule has 2 rings (SSSR count). The second-order valence-corrected chi connectivity index (χ2v) is 5.87. The van der Waals surface area contributed by atoms with Crippen LogP contribution in [0.3, 0.4) is 0 Å². The van der Waals surface area contributed by atoms with E-state index in [-0.39, 0.29) is 6.04 Å². The van der Waals surface area contributed by atoms with Crippen LogP contribution in [0.1, 0.15) is 37.1 Å². The molecule has 0 aromatic carbocycles. The second-order valence-electron chi connectivity index (χ2n) is 5.49. The molecule has 1 N–H and O–H groups in total. The van der Waals surface area contributed by atoms with E-state index in [2.05, 4.69) is 15.3 Å². The molecule has 1 aromatic heterocycles. The van der Waals surface area contributed by atoms with E-state index in [1.165, 1.54) is 0 Å². The van der Waals surface area contributed by atoms with E-state index in [9.17, 15) is 22.4 Å². The molecular weight excluding hydrogens is 340 g/mol. The molecule has 10 heteroatoms. The summed E-state index contributed by atoms with van der Waals surface area (Å²) < 4.78 is 52.0. The molecule has 1 aliphatic heterocycles. The van der Waals surface area contributed by atoms with Crippen LogP contribution < -0.4 is 5.32 Å². The Bertz CT molecular complexity index is 558. The number of carbonyl (C=O) groups excluding carboxylic acids is 1. The maximum Gasteiger partial charge on any atom is 0.283 e. The van der Waals surface area contributed by atoms with E-state index in [0.29, 0.717) is 4.68 Å². The summed E-state index contributed by atoms with van der Waals surface area (Å²) in [5, 5.41) is 5.28. The molecule has 0 spiro atoms. The van der Waals surface area contributed by atoms with Crippen molar-refractivity contribution in [2.24, 2.45) is 0 Å². The van der Waals surface area contributed by atoms with Crippen LogP contribution in [0.5, 0.6) is 0 Å². The third-order valence-corrected chi connectivity index (χ3v) is 4.13. The first-order valence-corrected chi connectivity index (χ1v) is 7.47. The Balaban J connectivity index is 2.06. The van der Waals surface area contributed by atoms with Crippen LogP contribution in [0, 0.1) is 0 Å². The van der Waals surface area contributed by atoms with Crippen molar-refractivity contribution < 1.29 is 22.4 Å². The summed E-state index contributed by atoms with van der Waals surface area (Å²) in [5.74, 6) is -0.554. The molecule has 0 radical (unpaired) electrons. The van der Waals surface area contributed by atoms with Crippen molar-refractivity contribution in [3.63, 3.8) is 0 Å². The lowest BCUT2D eigenvalue weighted by molar-refractivity contribution is -0.123. The number of rotatable bonds is 5. The van der Waals surface area contributed by atoms with E-state index in [1.54, 1.807) is 0 Å².